The van der Waals surface area contributed by atoms with Gasteiger partial charge in [0.2, 0.25) is 0 Å². The van der Waals surface area contributed by atoms with E-state index in [1.165, 1.54) is 17.0 Å². The van der Waals surface area contributed by atoms with Crippen molar-refractivity contribution in [1.82, 2.24) is 4.90 Å². The van der Waals surface area contributed by atoms with Gasteiger partial charge in [-0.15, -0.1) is 0 Å². The maximum Gasteiger partial charge on any atom is 0.416 e. The Morgan fingerprint density at radius 3 is 2.11 bits per heavy atom. The van der Waals surface area contributed by atoms with Crippen LogP contribution in [0.3, 0.4) is 0 Å². The third-order valence-corrected chi connectivity index (χ3v) is 6.42. The molecule has 0 fully saturated rings. The fraction of sp³-hybridized carbons (Fsp3) is 0.417. The van der Waals surface area contributed by atoms with Crippen molar-refractivity contribution in [3.63, 3.8) is 0 Å². The molecule has 38 heavy (non-hydrogen) atoms. The topological polar surface area (TPSA) is 59.1 Å². The fourth-order valence-electron chi connectivity index (χ4n) is 4.36. The number of hydrogen-bond donors (Lipinski definition) is 0. The lowest BCUT2D eigenvalue weighted by atomic mass is 9.90. The molecule has 0 bridgehead atoms. The zero-order valence-electron chi connectivity index (χ0n) is 20.2. The van der Waals surface area contributed by atoms with Crippen molar-refractivity contribution in [3.05, 3.63) is 62.6 Å². The van der Waals surface area contributed by atoms with Crippen LogP contribution in [-0.4, -0.2) is 36.8 Å². The molecule has 1 aliphatic rings. The molecule has 0 N–H and O–H groups in total. The molecule has 14 heteroatoms. The van der Waals surface area contributed by atoms with Gasteiger partial charge in [-0.05, 0) is 56.2 Å². The van der Waals surface area contributed by atoms with Crippen LogP contribution in [0.1, 0.15) is 48.6 Å². The van der Waals surface area contributed by atoms with E-state index >= 15 is 0 Å². The van der Waals surface area contributed by atoms with Crippen LogP contribution in [0.2, 0.25) is 10.0 Å². The van der Waals surface area contributed by atoms with Crippen LogP contribution < -0.4 is 4.90 Å². The van der Waals surface area contributed by atoms with Gasteiger partial charge >= 0.3 is 24.5 Å². The van der Waals surface area contributed by atoms with E-state index in [9.17, 15) is 35.9 Å². The number of alkyl halides is 6. The van der Waals surface area contributed by atoms with Crippen LogP contribution in [0.25, 0.3) is 0 Å². The SMILES string of the molecule is CCOC(=O)N1c2c(Cl)cc(Cl)cc2C(N(Cc2cc(C(F)(F)F)cc(C(F)(F)F)c2)C(=O)OC)CC1C. The smallest absolute Gasteiger partial charge is 0.416 e. The third-order valence-electron chi connectivity index (χ3n) is 5.91. The normalized spacial score (nSPS) is 17.6. The highest BCUT2D eigenvalue weighted by Gasteiger charge is 2.42. The highest BCUT2D eigenvalue weighted by Crippen LogP contribution is 2.47. The van der Waals surface area contributed by atoms with Gasteiger partial charge in [0.25, 0.3) is 0 Å². The number of anilines is 1. The van der Waals surface area contributed by atoms with Gasteiger partial charge in [0.15, 0.2) is 0 Å². The van der Waals surface area contributed by atoms with Crippen LogP contribution in [0.4, 0.5) is 41.6 Å². The van der Waals surface area contributed by atoms with E-state index in [4.69, 9.17) is 32.7 Å². The Kier molecular flexibility index (Phi) is 8.67. The third kappa shape index (κ3) is 6.23. The van der Waals surface area contributed by atoms with Gasteiger partial charge < -0.3 is 9.47 Å². The number of halogens is 8. The molecular formula is C24H22Cl2F6N2O4. The van der Waals surface area contributed by atoms with E-state index in [1.807, 2.05) is 0 Å². The summed E-state index contributed by atoms with van der Waals surface area (Å²) in [7, 11) is 1.02. The molecule has 0 saturated heterocycles. The lowest BCUT2D eigenvalue weighted by Crippen LogP contribution is -2.47. The Bertz CT molecular complexity index is 1190. The van der Waals surface area contributed by atoms with Crippen molar-refractivity contribution >= 4 is 41.1 Å². The Hall–Kier alpha value is -2.86. The summed E-state index contributed by atoms with van der Waals surface area (Å²) in [5.41, 5.74) is -3.10. The molecule has 2 aromatic rings. The Morgan fingerprint density at radius 1 is 1.03 bits per heavy atom. The molecule has 2 aromatic carbocycles. The molecule has 3 rings (SSSR count). The van der Waals surface area contributed by atoms with Crippen molar-refractivity contribution in [3.8, 4) is 0 Å². The molecular weight excluding hydrogens is 565 g/mol. The van der Waals surface area contributed by atoms with Gasteiger partial charge in [0, 0.05) is 23.2 Å². The number of carbonyl (C=O) groups excluding carboxylic acids is 2. The predicted octanol–water partition coefficient (Wildman–Crippen LogP) is 8.10. The number of fused-ring (bicyclic) bond motifs is 1. The largest absolute Gasteiger partial charge is 0.453 e. The second-order valence-corrected chi connectivity index (χ2v) is 9.35. The number of nitrogens with zero attached hydrogens (tertiary/aromatic N) is 2. The predicted molar refractivity (Wildman–Crippen MR) is 127 cm³/mol. The lowest BCUT2D eigenvalue weighted by molar-refractivity contribution is -0.143. The van der Waals surface area contributed by atoms with Crippen molar-refractivity contribution in [1.29, 1.82) is 0 Å². The minimum absolute atomic E-state index is 0.000726. The number of methoxy groups -OCH3 is 1. The molecule has 0 spiro atoms. The summed E-state index contributed by atoms with van der Waals surface area (Å²) < 4.78 is 90.5. The number of ether oxygens (including phenoxy) is 2. The monoisotopic (exact) mass is 586 g/mol. The zero-order valence-corrected chi connectivity index (χ0v) is 21.7. The van der Waals surface area contributed by atoms with Crippen molar-refractivity contribution in [2.45, 2.75) is 51.2 Å². The second-order valence-electron chi connectivity index (χ2n) is 8.51. The van der Waals surface area contributed by atoms with Crippen LogP contribution >= 0.6 is 23.2 Å². The average Bonchev–Trinajstić information content (AvgIpc) is 2.80. The first-order valence-corrected chi connectivity index (χ1v) is 11.9. The van der Waals surface area contributed by atoms with E-state index in [2.05, 4.69) is 0 Å². The highest BCUT2D eigenvalue weighted by molar-refractivity contribution is 6.37. The minimum atomic E-state index is -5.07. The first kappa shape index (κ1) is 29.7. The number of rotatable bonds is 4. The van der Waals surface area contributed by atoms with Gasteiger partial charge in [-0.25, -0.2) is 9.59 Å². The highest BCUT2D eigenvalue weighted by atomic mass is 35.5. The zero-order chi connectivity index (χ0) is 28.6. The second kappa shape index (κ2) is 11.1. The number of carbonyl (C=O) groups is 2. The Labute approximate surface area is 224 Å². The lowest BCUT2D eigenvalue weighted by Gasteiger charge is -2.43. The van der Waals surface area contributed by atoms with E-state index in [0.29, 0.717) is 12.1 Å². The number of hydrogen-bond acceptors (Lipinski definition) is 4. The number of benzene rings is 2. The maximum absolute atomic E-state index is 13.4. The molecule has 2 unspecified atom stereocenters. The van der Waals surface area contributed by atoms with Crippen molar-refractivity contribution in [2.75, 3.05) is 18.6 Å². The Balaban J connectivity index is 2.17. The fourth-order valence-corrected chi connectivity index (χ4v) is 4.96. The molecule has 2 atom stereocenters. The van der Waals surface area contributed by atoms with Crippen LogP contribution in [-0.2, 0) is 28.4 Å². The van der Waals surface area contributed by atoms with Crippen molar-refractivity contribution in [2.24, 2.45) is 0 Å². The van der Waals surface area contributed by atoms with Gasteiger partial charge in [-0.3, -0.25) is 9.80 Å². The van der Waals surface area contributed by atoms with Crippen LogP contribution in [0.15, 0.2) is 30.3 Å². The summed E-state index contributed by atoms with van der Waals surface area (Å²) in [5, 5.41) is 0.153. The van der Waals surface area contributed by atoms with Crippen LogP contribution in [0.5, 0.6) is 0 Å². The maximum atomic E-state index is 13.4. The molecule has 208 valence electrons. The van der Waals surface area contributed by atoms with Gasteiger partial charge in [0.05, 0.1) is 41.6 Å². The van der Waals surface area contributed by atoms with Crippen molar-refractivity contribution < 1.29 is 45.4 Å². The molecule has 0 aliphatic carbocycles. The molecule has 2 amide bonds. The molecule has 6 nitrogen and oxygen atoms in total. The Morgan fingerprint density at radius 2 is 1.61 bits per heavy atom. The first-order valence-electron chi connectivity index (χ1n) is 11.2. The van der Waals surface area contributed by atoms with E-state index in [1.54, 1.807) is 13.8 Å². The summed E-state index contributed by atoms with van der Waals surface area (Å²) in [6, 6.07) is 2.20. The van der Waals surface area contributed by atoms with Crippen LogP contribution in [0, 0.1) is 0 Å². The summed E-state index contributed by atoms with van der Waals surface area (Å²) in [6.07, 6.45) is -11.9. The summed E-state index contributed by atoms with van der Waals surface area (Å²) in [6.45, 7) is 2.60. The summed E-state index contributed by atoms with van der Waals surface area (Å²) in [4.78, 5) is 27.8. The average molecular weight is 587 g/mol. The van der Waals surface area contributed by atoms with Gasteiger partial charge in [-0.1, -0.05) is 23.2 Å². The van der Waals surface area contributed by atoms with E-state index < -0.39 is 59.9 Å². The molecule has 1 aliphatic heterocycles. The molecule has 0 saturated carbocycles. The van der Waals surface area contributed by atoms with Gasteiger partial charge in [0.1, 0.15) is 0 Å². The minimum Gasteiger partial charge on any atom is -0.453 e. The first-order chi connectivity index (χ1) is 17.6. The molecule has 0 aromatic heterocycles. The van der Waals surface area contributed by atoms with E-state index in [0.717, 1.165) is 12.0 Å². The molecule has 1 heterocycles. The summed E-state index contributed by atoms with van der Waals surface area (Å²) in [5.74, 6) is 0. The number of amides is 2. The standard InChI is InChI=1S/C24H22Cl2F6N2O4/c1-4-38-22(36)34-12(2)5-19(17-9-16(25)10-18(26)20(17)34)33(21(35)37-3)11-13-6-14(23(27,28)29)8-15(7-13)24(30,31)32/h6-10,12,19H,4-5,11H2,1-3H3. The summed E-state index contributed by atoms with van der Waals surface area (Å²) >= 11 is 12.6. The van der Waals surface area contributed by atoms with E-state index in [-0.39, 0.29) is 40.4 Å². The quantitative estimate of drug-likeness (QED) is 0.340. The van der Waals surface area contributed by atoms with Gasteiger partial charge in [-0.2, -0.15) is 26.3 Å². The molecule has 0 radical (unpaired) electrons.